The number of allylic oxidation sites excluding steroid dienone is 1. The van der Waals surface area contributed by atoms with Crippen LogP contribution in [0.5, 0.6) is 5.75 Å². The number of halogens is 1. The molecule has 7 heteroatoms. The van der Waals surface area contributed by atoms with Crippen LogP contribution in [0.3, 0.4) is 0 Å². The second-order valence-electron chi connectivity index (χ2n) is 13.2. The third-order valence-electron chi connectivity index (χ3n) is 7.84. The van der Waals surface area contributed by atoms with Crippen LogP contribution >= 0.6 is 11.6 Å². The molecule has 1 atom stereocenters. The first-order valence-corrected chi connectivity index (χ1v) is 15.1. The zero-order valence-corrected chi connectivity index (χ0v) is 27.3. The summed E-state index contributed by atoms with van der Waals surface area (Å²) < 4.78 is 17.0. The van der Waals surface area contributed by atoms with Gasteiger partial charge in [0, 0.05) is 28.9 Å². The van der Waals surface area contributed by atoms with Crippen LogP contribution in [0.2, 0.25) is 5.02 Å². The summed E-state index contributed by atoms with van der Waals surface area (Å²) in [7, 11) is 0. The Balaban J connectivity index is 1.61. The number of hydrogen-bond acceptors (Lipinski definition) is 6. The molecule has 0 radical (unpaired) electrons. The highest BCUT2D eigenvalue weighted by atomic mass is 35.5. The topological polar surface area (TPSA) is 88.8 Å². The number of esters is 1. The van der Waals surface area contributed by atoms with E-state index in [9.17, 15) is 9.90 Å². The Hall–Kier alpha value is -3.29. The van der Waals surface area contributed by atoms with Crippen molar-refractivity contribution in [1.29, 1.82) is 5.26 Å². The molecule has 0 heterocycles. The molecule has 1 unspecified atom stereocenters. The minimum Gasteiger partial charge on any atom is -0.489 e. The zero-order valence-electron chi connectivity index (χ0n) is 26.6. The fourth-order valence-corrected chi connectivity index (χ4v) is 6.37. The monoisotopic (exact) mass is 605 g/mol. The van der Waals surface area contributed by atoms with Crippen molar-refractivity contribution in [2.45, 2.75) is 86.0 Å². The van der Waals surface area contributed by atoms with Crippen LogP contribution < -0.4 is 4.74 Å². The van der Waals surface area contributed by atoms with Crippen LogP contribution in [-0.2, 0) is 20.7 Å². The summed E-state index contributed by atoms with van der Waals surface area (Å²) in [6.07, 6.45) is 4.42. The van der Waals surface area contributed by atoms with Gasteiger partial charge < -0.3 is 19.3 Å². The van der Waals surface area contributed by atoms with Crippen molar-refractivity contribution in [1.82, 2.24) is 0 Å². The van der Waals surface area contributed by atoms with Crippen LogP contribution in [0.4, 0.5) is 0 Å². The number of aliphatic hydroxyl groups excluding tert-OH is 1. The van der Waals surface area contributed by atoms with Crippen LogP contribution in [0, 0.1) is 39.9 Å². The molecule has 1 fully saturated rings. The summed E-state index contributed by atoms with van der Waals surface area (Å²) >= 11 is 6.22. The summed E-state index contributed by atoms with van der Waals surface area (Å²) in [5.41, 5.74) is 2.28. The number of nitriles is 1. The van der Waals surface area contributed by atoms with Crippen LogP contribution in [-0.4, -0.2) is 36.0 Å². The van der Waals surface area contributed by atoms with Gasteiger partial charge in [0.2, 0.25) is 0 Å². The Morgan fingerprint density at radius 1 is 1.14 bits per heavy atom. The summed E-state index contributed by atoms with van der Waals surface area (Å²) in [4.78, 5) is 11.7. The molecule has 0 aromatic heterocycles. The molecule has 1 N–H and O–H groups in total. The van der Waals surface area contributed by atoms with Gasteiger partial charge in [0.25, 0.3) is 0 Å². The molecule has 3 rings (SSSR count). The molecule has 1 aliphatic rings. The van der Waals surface area contributed by atoms with E-state index in [1.54, 1.807) is 18.2 Å². The van der Waals surface area contributed by atoms with E-state index >= 15 is 0 Å². The smallest absolute Gasteiger partial charge is 0.332 e. The van der Waals surface area contributed by atoms with E-state index in [2.05, 4.69) is 58.6 Å². The van der Waals surface area contributed by atoms with Crippen LogP contribution in [0.15, 0.2) is 48.6 Å². The first-order chi connectivity index (χ1) is 20.1. The van der Waals surface area contributed by atoms with E-state index in [1.165, 1.54) is 0 Å². The minimum atomic E-state index is -0.748. The van der Waals surface area contributed by atoms with Crippen molar-refractivity contribution in [2.24, 2.45) is 16.7 Å². The van der Waals surface area contributed by atoms with E-state index in [0.29, 0.717) is 29.4 Å². The molecule has 2 aromatic rings. The first-order valence-electron chi connectivity index (χ1n) is 14.7. The molecule has 0 amide bonds. The van der Waals surface area contributed by atoms with E-state index < -0.39 is 11.7 Å². The lowest BCUT2D eigenvalue weighted by molar-refractivity contribution is -0.177. The third kappa shape index (κ3) is 8.64. The summed E-state index contributed by atoms with van der Waals surface area (Å²) in [5, 5.41) is 20.7. The van der Waals surface area contributed by atoms with E-state index in [-0.39, 0.29) is 35.4 Å². The molecule has 230 valence electrons. The quantitative estimate of drug-likeness (QED) is 0.130. The first kappa shape index (κ1) is 34.2. The second kappa shape index (κ2) is 14.0. The lowest BCUT2D eigenvalue weighted by atomic mass is 9.45. The van der Waals surface area contributed by atoms with Gasteiger partial charge in [-0.25, -0.2) is 4.79 Å². The fraction of sp³-hybridized carbons (Fsp3) is 0.500. The van der Waals surface area contributed by atoms with Crippen molar-refractivity contribution < 1.29 is 24.1 Å². The summed E-state index contributed by atoms with van der Waals surface area (Å²) in [5.74, 6) is 6.66. The van der Waals surface area contributed by atoms with Crippen LogP contribution in [0.1, 0.15) is 90.2 Å². The number of ether oxygens (including phenoxy) is 3. The highest BCUT2D eigenvalue weighted by Gasteiger charge is 2.62. The van der Waals surface area contributed by atoms with Crippen molar-refractivity contribution >= 4 is 17.6 Å². The maximum Gasteiger partial charge on any atom is 0.332 e. The van der Waals surface area contributed by atoms with Gasteiger partial charge in [-0.3, -0.25) is 0 Å². The Labute approximate surface area is 262 Å². The minimum absolute atomic E-state index is 0.0810. The zero-order chi connectivity index (χ0) is 32.0. The Morgan fingerprint density at radius 3 is 2.44 bits per heavy atom. The predicted octanol–water partition coefficient (Wildman–Crippen LogP) is 7.59. The molecule has 0 aliphatic heterocycles. The normalized spacial score (nSPS) is 19.5. The molecule has 1 saturated carbocycles. The molecule has 0 bridgehead atoms. The highest BCUT2D eigenvalue weighted by molar-refractivity contribution is 6.31. The highest BCUT2D eigenvalue weighted by Crippen LogP contribution is 2.61. The van der Waals surface area contributed by atoms with Crippen molar-refractivity contribution in [3.05, 3.63) is 75.8 Å². The number of aliphatic hydroxyl groups is 1. The number of carbonyl (C=O) groups excluding carboxylic acids is 1. The maximum atomic E-state index is 11.7. The molecular formula is C36H44ClNO5. The van der Waals surface area contributed by atoms with E-state index in [0.717, 1.165) is 23.1 Å². The third-order valence-corrected chi connectivity index (χ3v) is 8.15. The fourth-order valence-electron chi connectivity index (χ4n) is 6.16. The number of benzene rings is 2. The van der Waals surface area contributed by atoms with Gasteiger partial charge in [-0.15, -0.1) is 0 Å². The molecule has 1 aliphatic carbocycles. The standard InChI is InChI=1S/C36H44ClNO5/c1-9-25-20-24(12-10-11-19-41-23-32(40)43-34(2,3)4)13-16-28(25)30(39)17-18-31-35(5,6)33(36(31,7)8)42-27-15-14-26(22-38)29(37)21-27/h13-18,20-21,30-31,33,39H,9,11,19,23H2,1-8H3/b18-17+/t30?,31-,33-. The number of carbonyl (C=O) groups is 1. The van der Waals surface area contributed by atoms with E-state index in [4.69, 9.17) is 31.1 Å². The molecule has 6 nitrogen and oxygen atoms in total. The molecule has 2 aromatic carbocycles. The van der Waals surface area contributed by atoms with Gasteiger partial charge in [-0.2, -0.15) is 5.26 Å². The number of nitrogens with zero attached hydrogens (tertiary/aromatic N) is 1. The van der Waals surface area contributed by atoms with Gasteiger partial charge in [0.15, 0.2) is 0 Å². The second-order valence-corrected chi connectivity index (χ2v) is 13.6. The average molecular weight is 606 g/mol. The van der Waals surface area contributed by atoms with Gasteiger partial charge in [-0.1, -0.05) is 76.3 Å². The lowest BCUT2D eigenvalue weighted by Gasteiger charge is -2.62. The van der Waals surface area contributed by atoms with Crippen LogP contribution in [0.25, 0.3) is 0 Å². The molecule has 43 heavy (non-hydrogen) atoms. The van der Waals surface area contributed by atoms with Crippen molar-refractivity contribution in [2.75, 3.05) is 13.2 Å². The molecular weight excluding hydrogens is 562 g/mol. The predicted molar refractivity (Wildman–Crippen MR) is 170 cm³/mol. The summed E-state index contributed by atoms with van der Waals surface area (Å²) in [6, 6.07) is 13.1. The Bertz CT molecular complexity index is 1420. The summed E-state index contributed by atoms with van der Waals surface area (Å²) in [6.45, 7) is 16.5. The van der Waals surface area contributed by atoms with Gasteiger partial charge in [-0.05, 0) is 68.5 Å². The van der Waals surface area contributed by atoms with Gasteiger partial charge >= 0.3 is 5.97 Å². The Kier molecular flexibility index (Phi) is 11.1. The Morgan fingerprint density at radius 2 is 1.84 bits per heavy atom. The molecule has 0 spiro atoms. The average Bonchev–Trinajstić information content (AvgIpc) is 2.92. The van der Waals surface area contributed by atoms with Crippen molar-refractivity contribution in [3.8, 4) is 23.7 Å². The molecule has 0 saturated heterocycles. The van der Waals surface area contributed by atoms with E-state index in [1.807, 2.05) is 45.0 Å². The maximum absolute atomic E-state index is 11.7. The SMILES string of the molecule is CCc1cc(C#CCCOCC(=O)OC(C)(C)C)ccc1C(O)/C=C/[C@H]1C(C)(C)[C@H](Oc2ccc(C#N)c(Cl)c2)C1(C)C. The number of aryl methyl sites for hydroxylation is 1. The lowest BCUT2D eigenvalue weighted by Crippen LogP contribution is -2.65. The van der Waals surface area contributed by atoms with Gasteiger partial charge in [0.05, 0.1) is 23.3 Å². The van der Waals surface area contributed by atoms with Gasteiger partial charge in [0.1, 0.15) is 30.1 Å². The number of rotatable bonds is 10. The van der Waals surface area contributed by atoms with Crippen molar-refractivity contribution in [3.63, 3.8) is 0 Å². The number of hydrogen-bond donors (Lipinski definition) is 1. The largest absolute Gasteiger partial charge is 0.489 e.